The lowest BCUT2D eigenvalue weighted by Crippen LogP contribution is -2.43. The van der Waals surface area contributed by atoms with E-state index in [-0.39, 0.29) is 38.5 Å². The summed E-state index contributed by atoms with van der Waals surface area (Å²) >= 11 is 0. The first kappa shape index (κ1) is 15.9. The van der Waals surface area contributed by atoms with Crippen LogP contribution in [0.5, 0.6) is 0 Å². The number of hydrogen-bond acceptors (Lipinski definition) is 4. The summed E-state index contributed by atoms with van der Waals surface area (Å²) in [5.74, 6) is -1.84. The average Bonchev–Trinajstić information content (AvgIpc) is 2.73. The summed E-state index contributed by atoms with van der Waals surface area (Å²) in [5.41, 5.74) is 0. The predicted octanol–water partition coefficient (Wildman–Crippen LogP) is 0.119. The maximum atomic E-state index is 12.3. The molecule has 0 aromatic rings. The molecule has 1 fully saturated rings. The fourth-order valence-corrected chi connectivity index (χ4v) is 3.95. The predicted molar refractivity (Wildman–Crippen MR) is 68.3 cm³/mol. The third-order valence-electron chi connectivity index (χ3n) is 3.37. The molecule has 1 saturated heterocycles. The second kappa shape index (κ2) is 6.32. The normalized spacial score (nSPS) is 24.5. The number of hydrogen-bond donors (Lipinski definition) is 1. The van der Waals surface area contributed by atoms with Gasteiger partial charge in [0.05, 0.1) is 12.0 Å². The SMILES string of the molecule is CCN(CCC#N)S(=O)(=O)N1C[C@@H](C)[C@H](C(=O)O)C1. The van der Waals surface area contributed by atoms with Crippen LogP contribution in [0.15, 0.2) is 0 Å². The Hall–Kier alpha value is -1.17. The van der Waals surface area contributed by atoms with Crippen LogP contribution in [0.1, 0.15) is 20.3 Å². The van der Waals surface area contributed by atoms with Crippen molar-refractivity contribution in [2.24, 2.45) is 11.8 Å². The molecule has 1 N–H and O–H groups in total. The molecule has 1 rings (SSSR count). The lowest BCUT2D eigenvalue weighted by molar-refractivity contribution is -0.142. The third-order valence-corrected chi connectivity index (χ3v) is 5.42. The van der Waals surface area contributed by atoms with Crippen LogP contribution >= 0.6 is 0 Å². The molecule has 19 heavy (non-hydrogen) atoms. The number of carboxylic acids is 1. The minimum atomic E-state index is -3.67. The van der Waals surface area contributed by atoms with Crippen LogP contribution in [-0.4, -0.2) is 54.3 Å². The van der Waals surface area contributed by atoms with Gasteiger partial charge in [-0.2, -0.15) is 22.3 Å². The van der Waals surface area contributed by atoms with Crippen molar-refractivity contribution in [2.75, 3.05) is 26.2 Å². The molecule has 2 atom stereocenters. The van der Waals surface area contributed by atoms with Gasteiger partial charge in [0.15, 0.2) is 0 Å². The van der Waals surface area contributed by atoms with Gasteiger partial charge in [0, 0.05) is 32.6 Å². The minimum absolute atomic E-state index is 0.00187. The van der Waals surface area contributed by atoms with Gasteiger partial charge in [-0.1, -0.05) is 13.8 Å². The molecule has 1 heterocycles. The number of nitriles is 1. The van der Waals surface area contributed by atoms with Gasteiger partial charge in [-0.25, -0.2) is 0 Å². The monoisotopic (exact) mass is 289 g/mol. The summed E-state index contributed by atoms with van der Waals surface area (Å²) in [6, 6.07) is 1.91. The van der Waals surface area contributed by atoms with E-state index in [1.807, 2.05) is 6.07 Å². The molecular formula is C11H19N3O4S. The zero-order chi connectivity index (χ0) is 14.6. The Kier molecular flexibility index (Phi) is 5.29. The van der Waals surface area contributed by atoms with E-state index in [1.54, 1.807) is 13.8 Å². The molecule has 0 bridgehead atoms. The van der Waals surface area contributed by atoms with Gasteiger partial charge in [0.2, 0.25) is 0 Å². The Bertz CT molecular complexity index is 471. The van der Waals surface area contributed by atoms with E-state index in [9.17, 15) is 13.2 Å². The van der Waals surface area contributed by atoms with Gasteiger partial charge >= 0.3 is 5.97 Å². The van der Waals surface area contributed by atoms with E-state index in [4.69, 9.17) is 10.4 Å². The van der Waals surface area contributed by atoms with E-state index in [2.05, 4.69) is 0 Å². The zero-order valence-electron chi connectivity index (χ0n) is 11.1. The number of aliphatic carboxylic acids is 1. The summed E-state index contributed by atoms with van der Waals surface area (Å²) in [6.45, 7) is 4.05. The van der Waals surface area contributed by atoms with E-state index in [0.29, 0.717) is 0 Å². The van der Waals surface area contributed by atoms with Crippen molar-refractivity contribution in [2.45, 2.75) is 20.3 Å². The molecule has 8 heteroatoms. The van der Waals surface area contributed by atoms with Gasteiger partial charge in [0.1, 0.15) is 0 Å². The van der Waals surface area contributed by atoms with Gasteiger partial charge in [0.25, 0.3) is 10.2 Å². The molecule has 0 unspecified atom stereocenters. The van der Waals surface area contributed by atoms with Crippen LogP contribution in [0.4, 0.5) is 0 Å². The molecule has 1 aliphatic rings. The van der Waals surface area contributed by atoms with Crippen molar-refractivity contribution >= 4 is 16.2 Å². The Morgan fingerprint density at radius 2 is 2.16 bits per heavy atom. The zero-order valence-corrected chi connectivity index (χ0v) is 11.9. The van der Waals surface area contributed by atoms with Crippen molar-refractivity contribution < 1.29 is 18.3 Å². The number of nitrogens with zero attached hydrogens (tertiary/aromatic N) is 3. The average molecular weight is 289 g/mol. The van der Waals surface area contributed by atoms with Crippen LogP contribution in [0, 0.1) is 23.2 Å². The molecule has 1 aliphatic heterocycles. The number of carbonyl (C=O) groups is 1. The first-order valence-corrected chi connectivity index (χ1v) is 7.59. The van der Waals surface area contributed by atoms with Gasteiger partial charge in [-0.15, -0.1) is 0 Å². The molecule has 0 saturated carbocycles. The minimum Gasteiger partial charge on any atom is -0.481 e. The Morgan fingerprint density at radius 3 is 2.58 bits per heavy atom. The summed E-state index contributed by atoms with van der Waals surface area (Å²) in [6.07, 6.45) is 0.124. The lowest BCUT2D eigenvalue weighted by atomic mass is 9.99. The van der Waals surface area contributed by atoms with E-state index in [0.717, 1.165) is 0 Å². The van der Waals surface area contributed by atoms with Gasteiger partial charge < -0.3 is 5.11 Å². The molecule has 0 aromatic carbocycles. The van der Waals surface area contributed by atoms with Gasteiger partial charge in [-0.3, -0.25) is 4.79 Å². The first-order valence-electron chi connectivity index (χ1n) is 6.19. The lowest BCUT2D eigenvalue weighted by Gasteiger charge is -2.25. The highest BCUT2D eigenvalue weighted by Gasteiger charge is 2.41. The molecule has 108 valence electrons. The van der Waals surface area contributed by atoms with Crippen LogP contribution in [0.3, 0.4) is 0 Å². The summed E-state index contributed by atoms with van der Waals surface area (Å²) in [4.78, 5) is 11.0. The molecule has 0 radical (unpaired) electrons. The molecule has 0 aliphatic carbocycles. The summed E-state index contributed by atoms with van der Waals surface area (Å²) < 4.78 is 27.1. The summed E-state index contributed by atoms with van der Waals surface area (Å²) in [5, 5.41) is 17.6. The maximum absolute atomic E-state index is 12.3. The standard InChI is InChI=1S/C11H19N3O4S/c1-3-13(6-4-5-12)19(17,18)14-7-9(2)10(8-14)11(15)16/h9-10H,3-4,6-8H2,1-2H3,(H,15,16)/t9-,10-/m1/s1. The van der Waals surface area contributed by atoms with E-state index in [1.165, 1.54) is 8.61 Å². The van der Waals surface area contributed by atoms with E-state index < -0.39 is 22.1 Å². The molecule has 7 nitrogen and oxygen atoms in total. The topological polar surface area (TPSA) is 102 Å². The second-order valence-electron chi connectivity index (χ2n) is 4.65. The van der Waals surface area contributed by atoms with Crippen LogP contribution in [0.25, 0.3) is 0 Å². The van der Waals surface area contributed by atoms with Crippen molar-refractivity contribution in [1.82, 2.24) is 8.61 Å². The smallest absolute Gasteiger partial charge is 0.308 e. The fraction of sp³-hybridized carbons (Fsp3) is 0.818. The highest BCUT2D eigenvalue weighted by atomic mass is 32.2. The quantitative estimate of drug-likeness (QED) is 0.748. The van der Waals surface area contributed by atoms with Gasteiger partial charge in [-0.05, 0) is 5.92 Å². The highest BCUT2D eigenvalue weighted by molar-refractivity contribution is 7.86. The molecule has 0 amide bonds. The first-order chi connectivity index (χ1) is 8.84. The fourth-order valence-electron chi connectivity index (χ4n) is 2.21. The van der Waals surface area contributed by atoms with Crippen molar-refractivity contribution in [3.05, 3.63) is 0 Å². The Balaban J connectivity index is 2.84. The maximum Gasteiger partial charge on any atom is 0.308 e. The summed E-state index contributed by atoms with van der Waals surface area (Å²) in [7, 11) is -3.67. The second-order valence-corrected chi connectivity index (χ2v) is 6.58. The number of rotatable bonds is 6. The van der Waals surface area contributed by atoms with Crippen LogP contribution < -0.4 is 0 Å². The van der Waals surface area contributed by atoms with Crippen molar-refractivity contribution in [1.29, 1.82) is 5.26 Å². The Morgan fingerprint density at radius 1 is 1.53 bits per heavy atom. The van der Waals surface area contributed by atoms with Crippen molar-refractivity contribution in [3.8, 4) is 6.07 Å². The molecule has 0 spiro atoms. The third kappa shape index (κ3) is 3.43. The largest absolute Gasteiger partial charge is 0.481 e. The highest BCUT2D eigenvalue weighted by Crippen LogP contribution is 2.26. The number of carboxylic acid groups (broad SMARTS) is 1. The Labute approximate surface area is 113 Å². The van der Waals surface area contributed by atoms with Crippen LogP contribution in [0.2, 0.25) is 0 Å². The molecule has 0 aromatic heterocycles. The van der Waals surface area contributed by atoms with Crippen LogP contribution in [-0.2, 0) is 15.0 Å². The molecular weight excluding hydrogens is 270 g/mol. The van der Waals surface area contributed by atoms with Crippen molar-refractivity contribution in [3.63, 3.8) is 0 Å². The van der Waals surface area contributed by atoms with E-state index >= 15 is 0 Å².